The standard InChI is InChI=1S/C17H22ClNO/c1-12-5-4-8-16(2,3)17(12,20)10-13-6-7-14(11-19)15(18)9-13/h6-7,9,12,20H,4-5,8,10H2,1-3H3/t12-,17+/m0/s1. The fourth-order valence-corrected chi connectivity index (χ4v) is 3.70. The largest absolute Gasteiger partial charge is 0.389 e. The van der Waals surface area contributed by atoms with E-state index < -0.39 is 5.60 Å². The second-order valence-electron chi connectivity index (χ2n) is 6.70. The zero-order valence-electron chi connectivity index (χ0n) is 12.4. The molecule has 3 heteroatoms. The molecule has 1 aromatic rings. The molecule has 0 spiro atoms. The van der Waals surface area contributed by atoms with Gasteiger partial charge in [0.25, 0.3) is 0 Å². The van der Waals surface area contributed by atoms with Crippen molar-refractivity contribution in [3.63, 3.8) is 0 Å². The minimum Gasteiger partial charge on any atom is -0.389 e. The Morgan fingerprint density at radius 3 is 2.70 bits per heavy atom. The van der Waals surface area contributed by atoms with E-state index in [-0.39, 0.29) is 11.3 Å². The molecule has 1 saturated carbocycles. The third kappa shape index (κ3) is 2.57. The first kappa shape index (κ1) is 15.4. The number of halogens is 1. The molecule has 0 aliphatic heterocycles. The molecule has 0 bridgehead atoms. The maximum Gasteiger partial charge on any atom is 0.101 e. The van der Waals surface area contributed by atoms with Gasteiger partial charge in [-0.05, 0) is 41.9 Å². The molecular weight excluding hydrogens is 270 g/mol. The van der Waals surface area contributed by atoms with Gasteiger partial charge in [-0.25, -0.2) is 0 Å². The molecule has 0 unspecified atom stereocenters. The molecule has 0 aromatic heterocycles. The highest BCUT2D eigenvalue weighted by Gasteiger charge is 2.49. The minimum atomic E-state index is -0.720. The molecule has 1 fully saturated rings. The summed E-state index contributed by atoms with van der Waals surface area (Å²) >= 11 is 6.10. The molecule has 1 aliphatic rings. The van der Waals surface area contributed by atoms with E-state index in [0.717, 1.165) is 18.4 Å². The van der Waals surface area contributed by atoms with Crippen LogP contribution < -0.4 is 0 Å². The van der Waals surface area contributed by atoms with Crippen molar-refractivity contribution in [2.75, 3.05) is 0 Å². The first-order chi connectivity index (χ1) is 9.30. The molecule has 2 nitrogen and oxygen atoms in total. The number of rotatable bonds is 2. The quantitative estimate of drug-likeness (QED) is 0.881. The van der Waals surface area contributed by atoms with Crippen LogP contribution in [-0.2, 0) is 6.42 Å². The molecule has 0 radical (unpaired) electrons. The van der Waals surface area contributed by atoms with E-state index in [0.29, 0.717) is 17.0 Å². The van der Waals surface area contributed by atoms with Gasteiger partial charge in [0, 0.05) is 6.42 Å². The predicted octanol–water partition coefficient (Wildman–Crippen LogP) is 4.33. The highest BCUT2D eigenvalue weighted by molar-refractivity contribution is 6.31. The Morgan fingerprint density at radius 2 is 2.15 bits per heavy atom. The predicted molar refractivity (Wildman–Crippen MR) is 81.6 cm³/mol. The van der Waals surface area contributed by atoms with E-state index in [1.165, 1.54) is 6.42 Å². The summed E-state index contributed by atoms with van der Waals surface area (Å²) in [5, 5.41) is 20.6. The highest BCUT2D eigenvalue weighted by atomic mass is 35.5. The summed E-state index contributed by atoms with van der Waals surface area (Å²) in [6.45, 7) is 6.42. The number of hydrogen-bond acceptors (Lipinski definition) is 2. The van der Waals surface area contributed by atoms with Gasteiger partial charge < -0.3 is 5.11 Å². The van der Waals surface area contributed by atoms with Crippen molar-refractivity contribution < 1.29 is 5.11 Å². The van der Waals surface area contributed by atoms with Gasteiger partial charge in [0.1, 0.15) is 6.07 Å². The molecule has 2 rings (SSSR count). The topological polar surface area (TPSA) is 44.0 Å². The van der Waals surface area contributed by atoms with Crippen LogP contribution in [0.15, 0.2) is 18.2 Å². The average Bonchev–Trinajstić information content (AvgIpc) is 2.36. The van der Waals surface area contributed by atoms with Crippen LogP contribution in [-0.4, -0.2) is 10.7 Å². The second-order valence-corrected chi connectivity index (χ2v) is 7.11. The summed E-state index contributed by atoms with van der Waals surface area (Å²) in [4.78, 5) is 0. The smallest absolute Gasteiger partial charge is 0.101 e. The Kier molecular flexibility index (Phi) is 4.14. The summed E-state index contributed by atoms with van der Waals surface area (Å²) in [5.74, 6) is 0.265. The summed E-state index contributed by atoms with van der Waals surface area (Å²) in [6.07, 6.45) is 3.86. The Labute approximate surface area is 126 Å². The van der Waals surface area contributed by atoms with Crippen molar-refractivity contribution >= 4 is 11.6 Å². The lowest BCUT2D eigenvalue weighted by Gasteiger charge is -2.51. The third-order valence-electron chi connectivity index (χ3n) is 5.05. The summed E-state index contributed by atoms with van der Waals surface area (Å²) in [5.41, 5.74) is 0.657. The number of aliphatic hydroxyl groups is 1. The molecule has 0 saturated heterocycles. The Bertz CT molecular complexity index is 546. The monoisotopic (exact) mass is 291 g/mol. The van der Waals surface area contributed by atoms with Crippen LogP contribution in [0.2, 0.25) is 5.02 Å². The number of nitriles is 1. The van der Waals surface area contributed by atoms with Gasteiger partial charge in [0.2, 0.25) is 0 Å². The van der Waals surface area contributed by atoms with Crippen LogP contribution in [0.1, 0.15) is 51.2 Å². The zero-order valence-corrected chi connectivity index (χ0v) is 13.2. The van der Waals surface area contributed by atoms with Crippen LogP contribution >= 0.6 is 11.6 Å². The van der Waals surface area contributed by atoms with E-state index in [9.17, 15) is 5.11 Å². The first-order valence-electron chi connectivity index (χ1n) is 7.21. The molecule has 2 atom stereocenters. The van der Waals surface area contributed by atoms with Gasteiger partial charge in [-0.1, -0.05) is 44.9 Å². The lowest BCUT2D eigenvalue weighted by molar-refractivity contribution is -0.132. The number of benzene rings is 1. The van der Waals surface area contributed by atoms with Gasteiger partial charge in [-0.3, -0.25) is 0 Å². The van der Waals surface area contributed by atoms with Crippen molar-refractivity contribution in [1.29, 1.82) is 5.26 Å². The molecule has 0 amide bonds. The minimum absolute atomic E-state index is 0.106. The Hall–Kier alpha value is -1.04. The number of hydrogen-bond donors (Lipinski definition) is 1. The van der Waals surface area contributed by atoms with Crippen LogP contribution in [0.25, 0.3) is 0 Å². The maximum atomic E-state index is 11.2. The van der Waals surface area contributed by atoms with Crippen LogP contribution in [0.3, 0.4) is 0 Å². The molecule has 20 heavy (non-hydrogen) atoms. The summed E-state index contributed by atoms with van der Waals surface area (Å²) in [7, 11) is 0. The lowest BCUT2D eigenvalue weighted by atomic mass is 9.59. The fourth-order valence-electron chi connectivity index (χ4n) is 3.46. The summed E-state index contributed by atoms with van der Waals surface area (Å²) in [6, 6.07) is 7.52. The van der Waals surface area contributed by atoms with Crippen molar-refractivity contribution in [2.45, 2.75) is 52.1 Å². The highest BCUT2D eigenvalue weighted by Crippen LogP contribution is 2.48. The fraction of sp³-hybridized carbons (Fsp3) is 0.588. The van der Waals surface area contributed by atoms with Gasteiger partial charge in [-0.15, -0.1) is 0 Å². The molecule has 0 heterocycles. The van der Waals surface area contributed by atoms with Crippen LogP contribution in [0, 0.1) is 22.7 Å². The van der Waals surface area contributed by atoms with Crippen molar-refractivity contribution in [2.24, 2.45) is 11.3 Å². The molecule has 1 aromatic carbocycles. The number of nitrogens with zero attached hydrogens (tertiary/aromatic N) is 1. The molecule has 1 aliphatic carbocycles. The second kappa shape index (κ2) is 5.39. The molecule has 108 valence electrons. The normalized spacial score (nSPS) is 28.9. The van der Waals surface area contributed by atoms with Crippen LogP contribution in [0.4, 0.5) is 0 Å². The molecule has 1 N–H and O–H groups in total. The Balaban J connectivity index is 2.31. The van der Waals surface area contributed by atoms with E-state index >= 15 is 0 Å². The third-order valence-corrected chi connectivity index (χ3v) is 5.37. The van der Waals surface area contributed by atoms with E-state index in [1.807, 2.05) is 12.1 Å². The lowest BCUT2D eigenvalue weighted by Crippen LogP contribution is -2.54. The van der Waals surface area contributed by atoms with Crippen molar-refractivity contribution in [1.82, 2.24) is 0 Å². The Morgan fingerprint density at radius 1 is 1.45 bits per heavy atom. The van der Waals surface area contributed by atoms with E-state index in [4.69, 9.17) is 16.9 Å². The van der Waals surface area contributed by atoms with E-state index in [1.54, 1.807) is 6.07 Å². The first-order valence-corrected chi connectivity index (χ1v) is 7.59. The average molecular weight is 292 g/mol. The SMILES string of the molecule is C[C@H]1CCCC(C)(C)[C@@]1(O)Cc1ccc(C#N)c(Cl)c1. The maximum absolute atomic E-state index is 11.2. The van der Waals surface area contributed by atoms with Crippen molar-refractivity contribution in [3.05, 3.63) is 34.3 Å². The van der Waals surface area contributed by atoms with Gasteiger partial charge in [0.05, 0.1) is 16.2 Å². The summed E-state index contributed by atoms with van der Waals surface area (Å²) < 4.78 is 0. The van der Waals surface area contributed by atoms with Gasteiger partial charge in [-0.2, -0.15) is 5.26 Å². The van der Waals surface area contributed by atoms with Gasteiger partial charge in [0.15, 0.2) is 0 Å². The van der Waals surface area contributed by atoms with Crippen molar-refractivity contribution in [3.8, 4) is 6.07 Å². The van der Waals surface area contributed by atoms with E-state index in [2.05, 4.69) is 26.8 Å². The zero-order chi connectivity index (χ0) is 15.0. The van der Waals surface area contributed by atoms with Crippen LogP contribution in [0.5, 0.6) is 0 Å². The van der Waals surface area contributed by atoms with Gasteiger partial charge >= 0.3 is 0 Å². The molecular formula is C17H22ClNO.